The van der Waals surface area contributed by atoms with Crippen LogP contribution in [-0.4, -0.2) is 34.0 Å². The largest absolute Gasteiger partial charge is 0.480 e. The Morgan fingerprint density at radius 1 is 1.21 bits per heavy atom. The highest BCUT2D eigenvalue weighted by atomic mass is 16.4. The van der Waals surface area contributed by atoms with Crippen LogP contribution in [0.1, 0.15) is 32.6 Å². The van der Waals surface area contributed by atoms with Crippen molar-refractivity contribution in [1.82, 2.24) is 4.90 Å². The minimum atomic E-state index is -0.858. The molecule has 0 radical (unpaired) electrons. The molecular weight excluding hydrogens is 182 g/mol. The van der Waals surface area contributed by atoms with Crippen molar-refractivity contribution < 1.29 is 14.7 Å². The van der Waals surface area contributed by atoms with E-state index in [1.807, 2.05) is 0 Å². The van der Waals surface area contributed by atoms with Gasteiger partial charge in [0.2, 0.25) is 5.91 Å². The molecule has 1 saturated carbocycles. The molecule has 4 nitrogen and oxygen atoms in total. The molecule has 1 amide bonds. The quantitative estimate of drug-likeness (QED) is 0.714. The number of aliphatic carboxylic acids is 1. The molecule has 0 aromatic carbocycles. The third-order valence-corrected chi connectivity index (χ3v) is 3.24. The molecule has 1 aliphatic heterocycles. The molecule has 4 heteroatoms. The topological polar surface area (TPSA) is 57.6 Å². The predicted octanol–water partition coefficient (Wildman–Crippen LogP) is 0.860. The molecule has 2 fully saturated rings. The normalized spacial score (nSPS) is 31.9. The summed E-state index contributed by atoms with van der Waals surface area (Å²) in [5, 5.41) is 8.96. The Balaban J connectivity index is 2.14. The number of hydrogen-bond donors (Lipinski definition) is 1. The second-order valence-electron chi connectivity index (χ2n) is 4.26. The minimum absolute atomic E-state index is 0.0909. The van der Waals surface area contributed by atoms with Gasteiger partial charge in [0.25, 0.3) is 0 Å². The lowest BCUT2D eigenvalue weighted by molar-refractivity contribution is -0.149. The average Bonchev–Trinajstić information content (AvgIpc) is 2.83. The van der Waals surface area contributed by atoms with Crippen LogP contribution in [0, 0.1) is 5.92 Å². The van der Waals surface area contributed by atoms with E-state index in [0.717, 1.165) is 19.3 Å². The van der Waals surface area contributed by atoms with Gasteiger partial charge in [-0.2, -0.15) is 0 Å². The van der Waals surface area contributed by atoms with E-state index in [0.29, 0.717) is 12.3 Å². The maximum atomic E-state index is 11.4. The molecule has 0 unspecified atom stereocenters. The zero-order valence-electron chi connectivity index (χ0n) is 8.27. The first kappa shape index (κ1) is 9.49. The van der Waals surface area contributed by atoms with Gasteiger partial charge in [-0.25, -0.2) is 4.79 Å². The zero-order valence-corrected chi connectivity index (χ0v) is 8.27. The Morgan fingerprint density at radius 2 is 1.86 bits per heavy atom. The van der Waals surface area contributed by atoms with Crippen LogP contribution >= 0.6 is 0 Å². The number of amides is 1. The van der Waals surface area contributed by atoms with E-state index in [9.17, 15) is 9.59 Å². The maximum Gasteiger partial charge on any atom is 0.326 e. The van der Waals surface area contributed by atoms with Gasteiger partial charge in [-0.05, 0) is 31.6 Å². The van der Waals surface area contributed by atoms with Crippen LogP contribution in [0.5, 0.6) is 0 Å². The van der Waals surface area contributed by atoms with Gasteiger partial charge in [0.1, 0.15) is 6.04 Å². The van der Waals surface area contributed by atoms with Gasteiger partial charge >= 0.3 is 5.97 Å². The van der Waals surface area contributed by atoms with E-state index in [4.69, 9.17) is 5.11 Å². The van der Waals surface area contributed by atoms with E-state index in [1.165, 1.54) is 6.92 Å². The van der Waals surface area contributed by atoms with E-state index >= 15 is 0 Å². The first-order chi connectivity index (χ1) is 6.61. The van der Waals surface area contributed by atoms with Gasteiger partial charge in [0, 0.05) is 13.0 Å². The lowest BCUT2D eigenvalue weighted by Crippen LogP contribution is -2.44. The van der Waals surface area contributed by atoms with Crippen molar-refractivity contribution in [2.24, 2.45) is 5.92 Å². The summed E-state index contributed by atoms with van der Waals surface area (Å²) >= 11 is 0. The summed E-state index contributed by atoms with van der Waals surface area (Å²) < 4.78 is 0. The van der Waals surface area contributed by atoms with Gasteiger partial charge < -0.3 is 10.0 Å². The number of carboxylic acids is 1. The molecule has 14 heavy (non-hydrogen) atoms. The highest BCUT2D eigenvalue weighted by Crippen LogP contribution is 2.42. The van der Waals surface area contributed by atoms with Crippen molar-refractivity contribution in [2.45, 2.75) is 44.7 Å². The fourth-order valence-electron chi connectivity index (χ4n) is 2.48. The van der Waals surface area contributed by atoms with Crippen molar-refractivity contribution in [3.8, 4) is 0 Å². The lowest BCUT2D eigenvalue weighted by atomic mass is 10.1. The third-order valence-electron chi connectivity index (χ3n) is 3.24. The van der Waals surface area contributed by atoms with Gasteiger partial charge in [-0.1, -0.05) is 0 Å². The van der Waals surface area contributed by atoms with Crippen LogP contribution in [0.15, 0.2) is 0 Å². The van der Waals surface area contributed by atoms with Crippen molar-refractivity contribution in [3.05, 3.63) is 0 Å². The summed E-state index contributed by atoms with van der Waals surface area (Å²) in [5.41, 5.74) is 0. The summed E-state index contributed by atoms with van der Waals surface area (Å²) in [6, 6.07) is -0.369. The standard InChI is InChI=1S/C10H15NO3/c1-6(12)11-8(7-2-3-7)4-5-9(11)10(13)14/h7-9H,2-5H2,1H3,(H,13,14)/t8-,9-/m0/s1. The predicted molar refractivity (Wildman–Crippen MR) is 49.7 cm³/mol. The van der Waals surface area contributed by atoms with Crippen molar-refractivity contribution in [2.75, 3.05) is 0 Å². The Kier molecular flexibility index (Phi) is 2.21. The summed E-state index contributed by atoms with van der Waals surface area (Å²) in [6.07, 6.45) is 3.79. The van der Waals surface area contributed by atoms with Gasteiger partial charge in [0.15, 0.2) is 0 Å². The molecule has 1 heterocycles. The Bertz CT molecular complexity index is 273. The number of nitrogens with zero attached hydrogens (tertiary/aromatic N) is 1. The molecule has 1 N–H and O–H groups in total. The molecule has 0 spiro atoms. The Labute approximate surface area is 82.9 Å². The summed E-state index contributed by atoms with van der Waals surface area (Å²) in [5.74, 6) is -0.376. The number of carboxylic acid groups (broad SMARTS) is 1. The van der Waals surface area contributed by atoms with Crippen molar-refractivity contribution in [3.63, 3.8) is 0 Å². The average molecular weight is 197 g/mol. The molecule has 2 rings (SSSR count). The molecular formula is C10H15NO3. The van der Waals surface area contributed by atoms with E-state index in [2.05, 4.69) is 0 Å². The zero-order chi connectivity index (χ0) is 10.3. The molecule has 1 saturated heterocycles. The first-order valence-electron chi connectivity index (χ1n) is 5.13. The number of hydrogen-bond acceptors (Lipinski definition) is 2. The maximum absolute atomic E-state index is 11.4. The third kappa shape index (κ3) is 1.49. The highest BCUT2D eigenvalue weighted by molar-refractivity contribution is 5.83. The number of likely N-dealkylation sites (tertiary alicyclic amines) is 1. The minimum Gasteiger partial charge on any atom is -0.480 e. The van der Waals surface area contributed by atoms with Crippen molar-refractivity contribution in [1.29, 1.82) is 0 Å². The fourth-order valence-corrected chi connectivity index (χ4v) is 2.48. The van der Waals surface area contributed by atoms with Crippen LogP contribution < -0.4 is 0 Å². The van der Waals surface area contributed by atoms with E-state index in [1.54, 1.807) is 4.90 Å². The van der Waals surface area contributed by atoms with Crippen LogP contribution in [-0.2, 0) is 9.59 Å². The van der Waals surface area contributed by atoms with Crippen LogP contribution in [0.25, 0.3) is 0 Å². The Morgan fingerprint density at radius 3 is 2.29 bits per heavy atom. The molecule has 0 aromatic heterocycles. The summed E-state index contributed by atoms with van der Waals surface area (Å²) in [6.45, 7) is 1.47. The summed E-state index contributed by atoms with van der Waals surface area (Å²) in [7, 11) is 0. The van der Waals surface area contributed by atoms with Crippen molar-refractivity contribution >= 4 is 11.9 Å². The Hall–Kier alpha value is -1.06. The number of carbonyl (C=O) groups excluding carboxylic acids is 1. The molecule has 2 aliphatic rings. The highest BCUT2D eigenvalue weighted by Gasteiger charge is 2.46. The molecule has 2 atom stereocenters. The second-order valence-corrected chi connectivity index (χ2v) is 4.26. The SMILES string of the molecule is CC(=O)N1[C@H](C(=O)O)CC[C@H]1C1CC1. The fraction of sp³-hybridized carbons (Fsp3) is 0.800. The van der Waals surface area contributed by atoms with Crippen LogP contribution in [0.4, 0.5) is 0 Å². The first-order valence-corrected chi connectivity index (χ1v) is 5.13. The van der Waals surface area contributed by atoms with Crippen LogP contribution in [0.2, 0.25) is 0 Å². The molecule has 1 aliphatic carbocycles. The molecule has 0 bridgehead atoms. The van der Waals surface area contributed by atoms with Gasteiger partial charge in [0.05, 0.1) is 0 Å². The van der Waals surface area contributed by atoms with Gasteiger partial charge in [-0.15, -0.1) is 0 Å². The number of carbonyl (C=O) groups is 2. The molecule has 78 valence electrons. The molecule has 0 aromatic rings. The summed E-state index contributed by atoms with van der Waals surface area (Å²) in [4.78, 5) is 23.9. The smallest absolute Gasteiger partial charge is 0.326 e. The monoisotopic (exact) mass is 197 g/mol. The number of rotatable bonds is 2. The van der Waals surface area contributed by atoms with Crippen LogP contribution in [0.3, 0.4) is 0 Å². The lowest BCUT2D eigenvalue weighted by Gasteiger charge is -2.26. The van der Waals surface area contributed by atoms with Gasteiger partial charge in [-0.3, -0.25) is 4.79 Å². The van der Waals surface area contributed by atoms with E-state index < -0.39 is 12.0 Å². The van der Waals surface area contributed by atoms with E-state index in [-0.39, 0.29) is 11.9 Å². The second kappa shape index (κ2) is 3.26.